The summed E-state index contributed by atoms with van der Waals surface area (Å²) in [6.45, 7) is 8.49. The number of hydrogen-bond acceptors (Lipinski definition) is 1. The molecule has 0 unspecified atom stereocenters. The topological polar surface area (TPSA) is 9.23 Å². The fourth-order valence-electron chi connectivity index (χ4n) is 0.677. The monoisotopic (exact) mass is 176 g/mol. The summed E-state index contributed by atoms with van der Waals surface area (Å²) in [5.41, 5.74) is 0. The van der Waals surface area contributed by atoms with E-state index in [9.17, 15) is 0 Å². The van der Waals surface area contributed by atoms with Crippen LogP contribution in [0.1, 0.15) is 59.8 Å². The number of ether oxygens (including phenoxy) is 1. The molecule has 0 saturated carbocycles. The molecule has 0 amide bonds. The van der Waals surface area contributed by atoms with Gasteiger partial charge in [0.1, 0.15) is 0 Å². The second-order valence-electron chi connectivity index (χ2n) is 2.47. The fourth-order valence-corrected chi connectivity index (χ4v) is 0.677. The summed E-state index contributed by atoms with van der Waals surface area (Å²) in [7, 11) is 3.25. The van der Waals surface area contributed by atoms with E-state index in [-0.39, 0.29) is 0 Å². The van der Waals surface area contributed by atoms with E-state index >= 15 is 0 Å². The Morgan fingerprint density at radius 3 is 1.17 bits per heavy atom. The zero-order valence-corrected chi connectivity index (χ0v) is 9.94. The van der Waals surface area contributed by atoms with Gasteiger partial charge in [-0.3, -0.25) is 0 Å². The Labute approximate surface area is 79.5 Å². The van der Waals surface area contributed by atoms with Crippen molar-refractivity contribution in [3.63, 3.8) is 0 Å². The van der Waals surface area contributed by atoms with E-state index < -0.39 is 0 Å². The lowest BCUT2D eigenvalue weighted by Gasteiger charge is -1.90. The standard InChI is InChI=1S/C7H16.C2H6O.C2H6/c1-3-5-7-6-4-2;1-3-2;1-2/h3-7H2,1-2H3;1-2H3;1-2H3. The molecule has 0 bridgehead atoms. The third kappa shape index (κ3) is 51.0. The first-order valence-electron chi connectivity index (χ1n) is 5.23. The van der Waals surface area contributed by atoms with E-state index in [1.165, 1.54) is 32.1 Å². The van der Waals surface area contributed by atoms with Crippen molar-refractivity contribution in [2.45, 2.75) is 59.8 Å². The van der Waals surface area contributed by atoms with Crippen LogP contribution in [0.15, 0.2) is 0 Å². The number of hydrogen-bond donors (Lipinski definition) is 0. The summed E-state index contributed by atoms with van der Waals surface area (Å²) in [6, 6.07) is 0. The van der Waals surface area contributed by atoms with Crippen LogP contribution < -0.4 is 0 Å². The molecule has 12 heavy (non-hydrogen) atoms. The van der Waals surface area contributed by atoms with Gasteiger partial charge in [-0.15, -0.1) is 0 Å². The highest BCUT2D eigenvalue weighted by Crippen LogP contribution is 2.00. The zero-order valence-electron chi connectivity index (χ0n) is 9.94. The van der Waals surface area contributed by atoms with Crippen molar-refractivity contribution in [3.05, 3.63) is 0 Å². The van der Waals surface area contributed by atoms with Crippen molar-refractivity contribution in [2.75, 3.05) is 14.2 Å². The summed E-state index contributed by atoms with van der Waals surface area (Å²) in [5, 5.41) is 0. The fraction of sp³-hybridized carbons (Fsp3) is 1.00. The summed E-state index contributed by atoms with van der Waals surface area (Å²) < 4.78 is 4.25. The predicted octanol–water partition coefficient (Wildman–Crippen LogP) is 4.27. The Morgan fingerprint density at radius 2 is 1.00 bits per heavy atom. The molecule has 0 heterocycles. The van der Waals surface area contributed by atoms with Crippen LogP contribution in [-0.4, -0.2) is 14.2 Å². The van der Waals surface area contributed by atoms with Gasteiger partial charge < -0.3 is 4.74 Å². The third-order valence-corrected chi connectivity index (χ3v) is 1.21. The quantitative estimate of drug-likeness (QED) is 0.581. The molecular formula is C11H28O. The Kier molecular flexibility index (Phi) is 45.6. The maximum absolute atomic E-state index is 4.25. The predicted molar refractivity (Wildman–Crippen MR) is 58.7 cm³/mol. The summed E-state index contributed by atoms with van der Waals surface area (Å²) >= 11 is 0. The van der Waals surface area contributed by atoms with Gasteiger partial charge in [-0.25, -0.2) is 0 Å². The highest BCUT2D eigenvalue weighted by Gasteiger charge is 1.80. The van der Waals surface area contributed by atoms with Crippen LogP contribution in [0, 0.1) is 0 Å². The Balaban J connectivity index is -0.000000137. The average Bonchev–Trinajstić information content (AvgIpc) is 2.11. The molecule has 0 aromatic carbocycles. The summed E-state index contributed by atoms with van der Waals surface area (Å²) in [4.78, 5) is 0. The minimum absolute atomic E-state index is 1.36. The van der Waals surface area contributed by atoms with Gasteiger partial charge >= 0.3 is 0 Å². The molecule has 0 N–H and O–H groups in total. The van der Waals surface area contributed by atoms with E-state index in [0.717, 1.165) is 0 Å². The van der Waals surface area contributed by atoms with Crippen LogP contribution in [0.2, 0.25) is 0 Å². The van der Waals surface area contributed by atoms with Crippen LogP contribution in [0.4, 0.5) is 0 Å². The molecule has 0 aliphatic carbocycles. The van der Waals surface area contributed by atoms with Gasteiger partial charge in [0.05, 0.1) is 0 Å². The lowest BCUT2D eigenvalue weighted by Crippen LogP contribution is -1.70. The maximum Gasteiger partial charge on any atom is 0.0351 e. The zero-order chi connectivity index (χ0) is 10.2. The molecule has 0 aliphatic rings. The van der Waals surface area contributed by atoms with Gasteiger partial charge in [0, 0.05) is 14.2 Å². The molecule has 78 valence electrons. The van der Waals surface area contributed by atoms with Crippen molar-refractivity contribution in [1.82, 2.24) is 0 Å². The number of methoxy groups -OCH3 is 1. The molecule has 0 aromatic heterocycles. The van der Waals surface area contributed by atoms with Gasteiger partial charge in [0.25, 0.3) is 0 Å². The molecule has 0 fully saturated rings. The SMILES string of the molecule is CC.CCCCCCC.COC. The van der Waals surface area contributed by atoms with Crippen molar-refractivity contribution < 1.29 is 4.74 Å². The largest absolute Gasteiger partial charge is 0.388 e. The Bertz CT molecular complexity index is 32.0. The van der Waals surface area contributed by atoms with Crippen LogP contribution in [0.25, 0.3) is 0 Å². The van der Waals surface area contributed by atoms with Crippen LogP contribution >= 0.6 is 0 Å². The summed E-state index contributed by atoms with van der Waals surface area (Å²) in [6.07, 6.45) is 7.01. The minimum atomic E-state index is 1.36. The molecule has 1 nitrogen and oxygen atoms in total. The average molecular weight is 176 g/mol. The first-order chi connectivity index (χ1) is 5.83. The van der Waals surface area contributed by atoms with Gasteiger partial charge in [0.15, 0.2) is 0 Å². The van der Waals surface area contributed by atoms with E-state index in [0.29, 0.717) is 0 Å². The lowest BCUT2D eigenvalue weighted by atomic mass is 10.2. The van der Waals surface area contributed by atoms with Crippen molar-refractivity contribution in [3.8, 4) is 0 Å². The van der Waals surface area contributed by atoms with Crippen molar-refractivity contribution in [2.24, 2.45) is 0 Å². The Morgan fingerprint density at radius 1 is 0.750 bits per heavy atom. The van der Waals surface area contributed by atoms with E-state index in [1.807, 2.05) is 13.8 Å². The molecule has 0 radical (unpaired) electrons. The molecule has 0 spiro atoms. The highest BCUT2D eigenvalue weighted by molar-refractivity contribution is 4.35. The second kappa shape index (κ2) is 30.6. The first-order valence-corrected chi connectivity index (χ1v) is 5.23. The minimum Gasteiger partial charge on any atom is -0.388 e. The third-order valence-electron chi connectivity index (χ3n) is 1.21. The Hall–Kier alpha value is -0.0400. The molecular weight excluding hydrogens is 148 g/mol. The normalized spacial score (nSPS) is 7.50. The van der Waals surface area contributed by atoms with Gasteiger partial charge in [-0.1, -0.05) is 59.8 Å². The van der Waals surface area contributed by atoms with Crippen LogP contribution in [0.3, 0.4) is 0 Å². The highest BCUT2D eigenvalue weighted by atomic mass is 16.4. The number of rotatable bonds is 4. The molecule has 0 rings (SSSR count). The smallest absolute Gasteiger partial charge is 0.0351 e. The molecule has 0 aliphatic heterocycles. The number of unbranched alkanes of at least 4 members (excludes halogenated alkanes) is 4. The molecule has 0 atom stereocenters. The van der Waals surface area contributed by atoms with Gasteiger partial charge in [-0.05, 0) is 0 Å². The van der Waals surface area contributed by atoms with Crippen molar-refractivity contribution in [1.29, 1.82) is 0 Å². The molecule has 1 heteroatoms. The van der Waals surface area contributed by atoms with Crippen molar-refractivity contribution >= 4 is 0 Å². The lowest BCUT2D eigenvalue weighted by molar-refractivity contribution is 0.277. The summed E-state index contributed by atoms with van der Waals surface area (Å²) in [5.74, 6) is 0. The first kappa shape index (κ1) is 17.9. The maximum atomic E-state index is 4.25. The van der Waals surface area contributed by atoms with E-state index in [1.54, 1.807) is 14.2 Å². The van der Waals surface area contributed by atoms with Gasteiger partial charge in [-0.2, -0.15) is 0 Å². The van der Waals surface area contributed by atoms with E-state index in [2.05, 4.69) is 18.6 Å². The van der Waals surface area contributed by atoms with Crippen LogP contribution in [0.5, 0.6) is 0 Å². The molecule has 0 saturated heterocycles. The second-order valence-corrected chi connectivity index (χ2v) is 2.47. The molecule has 0 aromatic rings. The van der Waals surface area contributed by atoms with Crippen LogP contribution in [-0.2, 0) is 4.74 Å². The van der Waals surface area contributed by atoms with Gasteiger partial charge in [0.2, 0.25) is 0 Å². The van der Waals surface area contributed by atoms with E-state index in [4.69, 9.17) is 0 Å².